The lowest BCUT2D eigenvalue weighted by atomic mass is 10.3. The molecule has 0 aliphatic rings. The van der Waals surface area contributed by atoms with Gasteiger partial charge in [-0.15, -0.1) is 0 Å². The molecule has 0 atom stereocenters. The Morgan fingerprint density at radius 1 is 1.31 bits per heavy atom. The molecule has 84 valence electrons. The van der Waals surface area contributed by atoms with Crippen LogP contribution >= 0.6 is 0 Å². The largest absolute Gasteiger partial charge is 0.349 e. The lowest BCUT2D eigenvalue weighted by Gasteiger charge is -1.96. The van der Waals surface area contributed by atoms with Gasteiger partial charge in [0.05, 0.1) is 6.20 Å². The van der Waals surface area contributed by atoms with E-state index in [0.29, 0.717) is 0 Å². The van der Waals surface area contributed by atoms with Gasteiger partial charge in [-0.1, -0.05) is 19.9 Å². The van der Waals surface area contributed by atoms with Crippen molar-refractivity contribution >= 4 is 5.65 Å². The molecule has 3 nitrogen and oxygen atoms in total. The topological polar surface area (TPSA) is 29.3 Å². The van der Waals surface area contributed by atoms with Gasteiger partial charge in [0.2, 0.25) is 0 Å². The third kappa shape index (κ3) is 2.54. The molecule has 2 heterocycles. The van der Waals surface area contributed by atoms with Gasteiger partial charge < -0.3 is 5.32 Å². The van der Waals surface area contributed by atoms with E-state index in [-0.39, 0.29) is 0 Å². The van der Waals surface area contributed by atoms with Gasteiger partial charge in [-0.2, -0.15) is 0 Å². The van der Waals surface area contributed by atoms with Crippen LogP contribution in [0.15, 0.2) is 24.5 Å². The highest BCUT2D eigenvalue weighted by atomic mass is 15.0. The fourth-order valence-corrected chi connectivity index (χ4v) is 1.31. The first-order chi connectivity index (χ1) is 7.81. The lowest BCUT2D eigenvalue weighted by Crippen LogP contribution is -1.94. The molecule has 3 heteroatoms. The van der Waals surface area contributed by atoms with Crippen molar-refractivity contribution < 1.29 is 0 Å². The van der Waals surface area contributed by atoms with Crippen LogP contribution in [0.25, 0.3) is 5.65 Å². The Morgan fingerprint density at radius 3 is 2.75 bits per heavy atom. The molecule has 0 radical (unpaired) electrons. The van der Waals surface area contributed by atoms with Crippen LogP contribution in [-0.4, -0.2) is 16.4 Å². The van der Waals surface area contributed by atoms with Crippen molar-refractivity contribution in [3.63, 3.8) is 0 Å². The summed E-state index contributed by atoms with van der Waals surface area (Å²) in [5.41, 5.74) is 3.03. The molecule has 0 aliphatic carbocycles. The maximum Gasteiger partial charge on any atom is 0.137 e. The van der Waals surface area contributed by atoms with E-state index >= 15 is 0 Å². The van der Waals surface area contributed by atoms with Crippen molar-refractivity contribution in [3.8, 4) is 12.0 Å². The smallest absolute Gasteiger partial charge is 0.137 e. The normalized spacial score (nSPS) is 8.75. The number of nitrogens with one attached hydrogen (secondary N) is 1. The first kappa shape index (κ1) is 12.1. The maximum absolute atomic E-state index is 4.25. The Bertz CT molecular complexity index is 515. The van der Waals surface area contributed by atoms with Crippen LogP contribution < -0.4 is 5.32 Å². The number of pyridine rings is 1. The number of nitrogens with zero attached hydrogens (tertiary/aromatic N) is 2. The number of rotatable bonds is 0. The van der Waals surface area contributed by atoms with E-state index in [9.17, 15) is 0 Å². The summed E-state index contributed by atoms with van der Waals surface area (Å²) in [5.74, 6) is 2.98. The first-order valence-electron chi connectivity index (χ1n) is 5.43. The molecule has 2 aromatic rings. The summed E-state index contributed by atoms with van der Waals surface area (Å²) in [6.07, 6.45) is 3.81. The Hall–Kier alpha value is -1.95. The molecule has 2 rings (SSSR count). The highest BCUT2D eigenvalue weighted by Crippen LogP contribution is 2.07. The third-order valence-corrected chi connectivity index (χ3v) is 1.97. The van der Waals surface area contributed by atoms with E-state index in [1.807, 2.05) is 36.6 Å². The van der Waals surface area contributed by atoms with Gasteiger partial charge in [0, 0.05) is 19.3 Å². The number of fused-ring (bicyclic) bond motifs is 1. The number of imidazole rings is 1. The van der Waals surface area contributed by atoms with Crippen LogP contribution in [-0.2, 0) is 0 Å². The maximum atomic E-state index is 4.25. The number of hydrogen-bond acceptors (Lipinski definition) is 2. The van der Waals surface area contributed by atoms with Crippen molar-refractivity contribution in [2.75, 3.05) is 7.05 Å². The van der Waals surface area contributed by atoms with Gasteiger partial charge in [0.25, 0.3) is 0 Å². The fraction of sp³-hybridized carbons (Fsp3) is 0.308. The first-order valence-corrected chi connectivity index (χ1v) is 5.43. The van der Waals surface area contributed by atoms with Gasteiger partial charge in [0.1, 0.15) is 11.3 Å². The molecule has 0 saturated heterocycles. The summed E-state index contributed by atoms with van der Waals surface area (Å²) >= 11 is 0. The molecule has 1 N–H and O–H groups in total. The van der Waals surface area contributed by atoms with Crippen LogP contribution in [0.1, 0.15) is 25.1 Å². The molecule has 0 aromatic carbocycles. The van der Waals surface area contributed by atoms with Gasteiger partial charge in [0.15, 0.2) is 0 Å². The van der Waals surface area contributed by atoms with Crippen LogP contribution in [0.3, 0.4) is 0 Å². The summed E-state index contributed by atoms with van der Waals surface area (Å²) in [7, 11) is 1.79. The zero-order valence-electron chi connectivity index (χ0n) is 10.2. The van der Waals surface area contributed by atoms with E-state index in [1.54, 1.807) is 13.2 Å². The standard InChI is InChI=1S/C11H11N3.C2H6/c1-9-3-4-11-13-7-10(5-6-12-2)14(11)8-9;1-2/h3-4,7-8,12H,1-2H3;1-2H3. The van der Waals surface area contributed by atoms with Crippen molar-refractivity contribution in [3.05, 3.63) is 35.8 Å². The molecule has 0 unspecified atom stereocenters. The molecular formula is C13H17N3. The molecule has 0 bridgehead atoms. The average Bonchev–Trinajstić information content (AvgIpc) is 2.71. The Labute approximate surface area is 96.5 Å². The third-order valence-electron chi connectivity index (χ3n) is 1.97. The Kier molecular flexibility index (Phi) is 4.41. The number of hydrogen-bond donors (Lipinski definition) is 1. The van der Waals surface area contributed by atoms with E-state index in [2.05, 4.69) is 29.2 Å². The summed E-state index contributed by atoms with van der Waals surface area (Å²) in [5, 5.41) is 2.78. The number of aromatic nitrogens is 2. The summed E-state index contributed by atoms with van der Waals surface area (Å²) in [6.45, 7) is 6.05. The average molecular weight is 215 g/mol. The monoisotopic (exact) mass is 215 g/mol. The van der Waals surface area contributed by atoms with E-state index in [0.717, 1.165) is 11.3 Å². The molecule has 0 saturated carbocycles. The molecule has 0 aliphatic heterocycles. The van der Waals surface area contributed by atoms with Gasteiger partial charge in [-0.3, -0.25) is 4.40 Å². The van der Waals surface area contributed by atoms with E-state index < -0.39 is 0 Å². The molecular weight excluding hydrogens is 198 g/mol. The molecule has 0 spiro atoms. The van der Waals surface area contributed by atoms with E-state index in [1.165, 1.54) is 5.56 Å². The summed E-state index contributed by atoms with van der Waals surface area (Å²) in [6, 6.07) is 6.83. The summed E-state index contributed by atoms with van der Waals surface area (Å²) in [4.78, 5) is 4.25. The Balaban J connectivity index is 0.000000606. The predicted octanol–water partition coefficient (Wildman–Crippen LogP) is 2.20. The van der Waals surface area contributed by atoms with Crippen molar-refractivity contribution in [1.82, 2.24) is 14.7 Å². The molecule has 2 aromatic heterocycles. The van der Waals surface area contributed by atoms with Crippen LogP contribution in [0.5, 0.6) is 0 Å². The minimum absolute atomic E-state index is 0.901. The van der Waals surface area contributed by atoms with Crippen LogP contribution in [0, 0.1) is 18.9 Å². The highest BCUT2D eigenvalue weighted by molar-refractivity contribution is 5.45. The second-order valence-electron chi connectivity index (χ2n) is 3.08. The lowest BCUT2D eigenvalue weighted by molar-refractivity contribution is 1.12. The molecule has 16 heavy (non-hydrogen) atoms. The van der Waals surface area contributed by atoms with Crippen LogP contribution in [0.4, 0.5) is 0 Å². The van der Waals surface area contributed by atoms with Crippen molar-refractivity contribution in [2.24, 2.45) is 0 Å². The van der Waals surface area contributed by atoms with E-state index in [4.69, 9.17) is 0 Å². The SMILES string of the molecule is CC.CNC#Cc1cnc2ccc(C)cn12. The number of aryl methyl sites for hydroxylation is 1. The second kappa shape index (κ2) is 5.82. The Morgan fingerprint density at radius 2 is 2.06 bits per heavy atom. The zero-order chi connectivity index (χ0) is 12.0. The van der Waals surface area contributed by atoms with Gasteiger partial charge >= 0.3 is 0 Å². The quantitative estimate of drug-likeness (QED) is 0.539. The zero-order valence-corrected chi connectivity index (χ0v) is 10.2. The molecule has 0 amide bonds. The second-order valence-corrected chi connectivity index (χ2v) is 3.08. The van der Waals surface area contributed by atoms with Crippen molar-refractivity contribution in [2.45, 2.75) is 20.8 Å². The minimum atomic E-state index is 0.901. The minimum Gasteiger partial charge on any atom is -0.349 e. The molecule has 0 fully saturated rings. The highest BCUT2D eigenvalue weighted by Gasteiger charge is 1.99. The van der Waals surface area contributed by atoms with Gasteiger partial charge in [-0.05, 0) is 24.5 Å². The fourth-order valence-electron chi connectivity index (χ4n) is 1.31. The van der Waals surface area contributed by atoms with Crippen LogP contribution in [0.2, 0.25) is 0 Å². The summed E-state index contributed by atoms with van der Waals surface area (Å²) < 4.78 is 1.99. The van der Waals surface area contributed by atoms with Crippen molar-refractivity contribution in [1.29, 1.82) is 0 Å². The predicted molar refractivity (Wildman–Crippen MR) is 67.2 cm³/mol. The van der Waals surface area contributed by atoms with Gasteiger partial charge in [-0.25, -0.2) is 4.98 Å².